The van der Waals surface area contributed by atoms with Crippen LogP contribution in [0.3, 0.4) is 0 Å². The number of aryl methyl sites for hydroxylation is 2. The fraction of sp³-hybridized carbons (Fsp3) is 0.154. The van der Waals surface area contributed by atoms with Gasteiger partial charge in [-0.15, -0.1) is 0 Å². The van der Waals surface area contributed by atoms with E-state index < -0.39 is 9.84 Å². The van der Waals surface area contributed by atoms with Crippen molar-refractivity contribution >= 4 is 9.84 Å². The smallest absolute Gasteiger partial charge is 0.223 e. The van der Waals surface area contributed by atoms with Gasteiger partial charge in [0.1, 0.15) is 0 Å². The van der Waals surface area contributed by atoms with E-state index >= 15 is 0 Å². The van der Waals surface area contributed by atoms with E-state index in [9.17, 15) is 8.42 Å². The molecular formula is C13H13NO2S. The van der Waals surface area contributed by atoms with Crippen LogP contribution < -0.4 is 0 Å². The molecule has 0 atom stereocenters. The SMILES string of the molecule is Cc1ccc(S(=O)(=O)c2ccc(C)cn2)cc1. The van der Waals surface area contributed by atoms with Crippen LogP contribution in [0.25, 0.3) is 0 Å². The predicted molar refractivity (Wildman–Crippen MR) is 65.6 cm³/mol. The molecule has 0 aliphatic carbocycles. The zero-order valence-corrected chi connectivity index (χ0v) is 10.5. The first-order valence-electron chi connectivity index (χ1n) is 5.24. The molecule has 0 fully saturated rings. The van der Waals surface area contributed by atoms with Crippen LogP contribution >= 0.6 is 0 Å². The van der Waals surface area contributed by atoms with E-state index in [4.69, 9.17) is 0 Å². The summed E-state index contributed by atoms with van der Waals surface area (Å²) in [4.78, 5) is 4.24. The van der Waals surface area contributed by atoms with Gasteiger partial charge in [-0.3, -0.25) is 0 Å². The second-order valence-corrected chi connectivity index (χ2v) is 5.89. The van der Waals surface area contributed by atoms with Crippen LogP contribution in [0.1, 0.15) is 11.1 Å². The molecule has 2 rings (SSSR count). The van der Waals surface area contributed by atoms with Crippen molar-refractivity contribution in [1.29, 1.82) is 0 Å². The maximum Gasteiger partial charge on any atom is 0.223 e. The number of nitrogens with zero attached hydrogens (tertiary/aromatic N) is 1. The Labute approximate surface area is 101 Å². The summed E-state index contributed by atoms with van der Waals surface area (Å²) in [5.41, 5.74) is 1.97. The molecule has 3 nitrogen and oxygen atoms in total. The second kappa shape index (κ2) is 4.30. The number of sulfone groups is 1. The molecule has 1 heterocycles. The van der Waals surface area contributed by atoms with Crippen LogP contribution in [-0.4, -0.2) is 13.4 Å². The molecule has 2 aromatic rings. The lowest BCUT2D eigenvalue weighted by Crippen LogP contribution is -2.04. The van der Waals surface area contributed by atoms with Crippen molar-refractivity contribution in [2.75, 3.05) is 0 Å². The topological polar surface area (TPSA) is 47.0 Å². The summed E-state index contributed by atoms with van der Waals surface area (Å²) in [6.07, 6.45) is 1.56. The molecular weight excluding hydrogens is 234 g/mol. The number of hydrogen-bond donors (Lipinski definition) is 0. The summed E-state index contributed by atoms with van der Waals surface area (Å²) in [6.45, 7) is 3.79. The van der Waals surface area contributed by atoms with Gasteiger partial charge >= 0.3 is 0 Å². The van der Waals surface area contributed by atoms with Crippen LogP contribution in [-0.2, 0) is 9.84 Å². The maximum atomic E-state index is 12.2. The summed E-state index contributed by atoms with van der Waals surface area (Å²) < 4.78 is 24.4. The number of hydrogen-bond acceptors (Lipinski definition) is 3. The Morgan fingerprint density at radius 2 is 1.47 bits per heavy atom. The monoisotopic (exact) mass is 247 g/mol. The first kappa shape index (κ1) is 11.8. The fourth-order valence-electron chi connectivity index (χ4n) is 1.45. The summed E-state index contributed by atoms with van der Waals surface area (Å²) in [5, 5.41) is 0.0898. The number of rotatable bonds is 2. The molecule has 0 unspecified atom stereocenters. The van der Waals surface area contributed by atoms with Crippen LogP contribution in [0.4, 0.5) is 0 Å². The van der Waals surface area contributed by atoms with Crippen molar-refractivity contribution < 1.29 is 8.42 Å². The second-order valence-electron chi connectivity index (χ2n) is 3.99. The summed E-state index contributed by atoms with van der Waals surface area (Å²) in [6, 6.07) is 10.0. The highest BCUT2D eigenvalue weighted by Crippen LogP contribution is 2.19. The van der Waals surface area contributed by atoms with Crippen molar-refractivity contribution in [3.63, 3.8) is 0 Å². The van der Waals surface area contributed by atoms with Crippen LogP contribution in [0, 0.1) is 13.8 Å². The first-order chi connectivity index (χ1) is 8.00. The molecule has 88 valence electrons. The van der Waals surface area contributed by atoms with E-state index in [0.717, 1.165) is 11.1 Å². The van der Waals surface area contributed by atoms with Crippen molar-refractivity contribution in [1.82, 2.24) is 4.98 Å². The van der Waals surface area contributed by atoms with Gasteiger partial charge in [-0.1, -0.05) is 23.8 Å². The number of pyridine rings is 1. The molecule has 0 saturated heterocycles. The molecule has 0 spiro atoms. The zero-order valence-electron chi connectivity index (χ0n) is 9.71. The van der Waals surface area contributed by atoms with Gasteiger partial charge in [-0.25, -0.2) is 13.4 Å². The maximum absolute atomic E-state index is 12.2. The molecule has 0 radical (unpaired) electrons. The Balaban J connectivity index is 2.50. The van der Waals surface area contributed by atoms with Crippen molar-refractivity contribution in [2.24, 2.45) is 0 Å². The minimum atomic E-state index is -3.48. The van der Waals surface area contributed by atoms with E-state index in [1.54, 1.807) is 36.5 Å². The molecule has 4 heteroatoms. The third-order valence-corrected chi connectivity index (χ3v) is 4.18. The van der Waals surface area contributed by atoms with Crippen LogP contribution in [0.5, 0.6) is 0 Å². The summed E-state index contributed by atoms with van der Waals surface area (Å²) in [5.74, 6) is 0. The summed E-state index contributed by atoms with van der Waals surface area (Å²) >= 11 is 0. The molecule has 0 aliphatic heterocycles. The van der Waals surface area contributed by atoms with Crippen LogP contribution in [0.2, 0.25) is 0 Å². The van der Waals surface area contributed by atoms with Gasteiger partial charge in [0, 0.05) is 6.20 Å². The van der Waals surface area contributed by atoms with Gasteiger partial charge in [0.2, 0.25) is 9.84 Å². The average Bonchev–Trinajstić information content (AvgIpc) is 2.30. The quantitative estimate of drug-likeness (QED) is 0.819. The van der Waals surface area contributed by atoms with E-state index in [1.165, 1.54) is 6.07 Å². The molecule has 0 saturated carbocycles. The molecule has 0 amide bonds. The Morgan fingerprint density at radius 1 is 0.882 bits per heavy atom. The third-order valence-electron chi connectivity index (χ3n) is 2.49. The largest absolute Gasteiger partial charge is 0.244 e. The molecule has 0 aliphatic rings. The Hall–Kier alpha value is -1.68. The van der Waals surface area contributed by atoms with E-state index in [2.05, 4.69) is 4.98 Å². The minimum absolute atomic E-state index is 0.0898. The third kappa shape index (κ3) is 2.36. The lowest BCUT2D eigenvalue weighted by molar-refractivity contribution is 0.592. The van der Waals surface area contributed by atoms with Gasteiger partial charge in [-0.2, -0.15) is 0 Å². The fourth-order valence-corrected chi connectivity index (χ4v) is 2.63. The number of aromatic nitrogens is 1. The van der Waals surface area contributed by atoms with Crippen LogP contribution in [0.15, 0.2) is 52.5 Å². The molecule has 0 bridgehead atoms. The highest BCUT2D eigenvalue weighted by Gasteiger charge is 2.18. The number of benzene rings is 1. The normalized spacial score (nSPS) is 11.4. The van der Waals surface area contributed by atoms with E-state index in [-0.39, 0.29) is 9.92 Å². The Bertz CT molecular complexity index is 562. The van der Waals surface area contributed by atoms with Gasteiger partial charge in [0.05, 0.1) is 4.90 Å². The molecule has 1 aromatic heterocycles. The zero-order chi connectivity index (χ0) is 12.5. The lowest BCUT2D eigenvalue weighted by Gasteiger charge is -2.04. The van der Waals surface area contributed by atoms with Crippen molar-refractivity contribution in [3.05, 3.63) is 53.7 Å². The minimum Gasteiger partial charge on any atom is -0.244 e. The Morgan fingerprint density at radius 3 is 2.00 bits per heavy atom. The standard InChI is InChI=1S/C13H13NO2S/c1-10-3-6-12(7-4-10)17(15,16)13-8-5-11(2)9-14-13/h3-9H,1-2H3. The highest BCUT2D eigenvalue weighted by molar-refractivity contribution is 7.91. The van der Waals surface area contributed by atoms with Crippen molar-refractivity contribution in [3.8, 4) is 0 Å². The average molecular weight is 247 g/mol. The molecule has 17 heavy (non-hydrogen) atoms. The molecule has 1 aromatic carbocycles. The predicted octanol–water partition coefficient (Wildman–Crippen LogP) is 2.53. The first-order valence-corrected chi connectivity index (χ1v) is 6.73. The molecule has 0 N–H and O–H groups in total. The van der Waals surface area contributed by atoms with Gasteiger partial charge in [0.25, 0.3) is 0 Å². The Kier molecular flexibility index (Phi) is 2.98. The van der Waals surface area contributed by atoms with Gasteiger partial charge in [0.15, 0.2) is 5.03 Å². The highest BCUT2D eigenvalue weighted by atomic mass is 32.2. The van der Waals surface area contributed by atoms with Gasteiger partial charge in [-0.05, 0) is 37.6 Å². The van der Waals surface area contributed by atoms with Crippen molar-refractivity contribution in [2.45, 2.75) is 23.8 Å². The van der Waals surface area contributed by atoms with E-state index in [1.807, 2.05) is 13.8 Å². The summed E-state index contributed by atoms with van der Waals surface area (Å²) in [7, 11) is -3.48. The van der Waals surface area contributed by atoms with Gasteiger partial charge < -0.3 is 0 Å². The van der Waals surface area contributed by atoms with E-state index in [0.29, 0.717) is 0 Å². The lowest BCUT2D eigenvalue weighted by atomic mass is 10.2.